The van der Waals surface area contributed by atoms with Gasteiger partial charge < -0.3 is 5.32 Å². The van der Waals surface area contributed by atoms with Crippen molar-refractivity contribution in [2.75, 3.05) is 11.6 Å². The van der Waals surface area contributed by atoms with Crippen molar-refractivity contribution in [2.24, 2.45) is 7.05 Å². The van der Waals surface area contributed by atoms with E-state index in [0.29, 0.717) is 29.2 Å². The van der Waals surface area contributed by atoms with E-state index in [1.807, 2.05) is 22.6 Å². The summed E-state index contributed by atoms with van der Waals surface area (Å²) in [6, 6.07) is 13.9. The molecule has 0 aliphatic heterocycles. The number of aryl methyl sites for hydroxylation is 1. The van der Waals surface area contributed by atoms with Crippen LogP contribution < -0.4 is 10.9 Å². The van der Waals surface area contributed by atoms with E-state index in [2.05, 4.69) is 15.5 Å². The van der Waals surface area contributed by atoms with Crippen molar-refractivity contribution in [3.8, 4) is 0 Å². The van der Waals surface area contributed by atoms with Gasteiger partial charge in [0.2, 0.25) is 5.78 Å². The molecule has 27 heavy (non-hydrogen) atoms. The molecule has 0 aliphatic carbocycles. The molecule has 0 bridgehead atoms. The van der Waals surface area contributed by atoms with Crippen LogP contribution >= 0.6 is 0 Å². The lowest BCUT2D eigenvalue weighted by Crippen LogP contribution is -2.20. The number of fused-ring (bicyclic) bond motifs is 3. The smallest absolute Gasteiger partial charge is 0.262 e. The number of rotatable bonds is 4. The Labute approximate surface area is 155 Å². The Bertz CT molecular complexity index is 1340. The zero-order valence-corrected chi connectivity index (χ0v) is 15.6. The highest BCUT2D eigenvalue weighted by molar-refractivity contribution is 7.90. The number of sulfone groups is 1. The van der Waals surface area contributed by atoms with Crippen LogP contribution in [0.1, 0.15) is 5.82 Å². The molecule has 0 radical (unpaired) electrons. The van der Waals surface area contributed by atoms with E-state index in [9.17, 15) is 13.2 Å². The van der Waals surface area contributed by atoms with Crippen LogP contribution in [0.25, 0.3) is 16.7 Å². The Morgan fingerprint density at radius 1 is 1.07 bits per heavy atom. The highest BCUT2D eigenvalue weighted by atomic mass is 32.2. The number of aromatic nitrogens is 4. The van der Waals surface area contributed by atoms with Gasteiger partial charge in [0, 0.05) is 19.0 Å². The summed E-state index contributed by atoms with van der Waals surface area (Å²) in [5.41, 5.74) is 1.25. The van der Waals surface area contributed by atoms with Gasteiger partial charge in [-0.25, -0.2) is 8.42 Å². The lowest BCUT2D eigenvalue weighted by molar-refractivity contribution is 0.602. The van der Waals surface area contributed by atoms with Crippen molar-refractivity contribution in [2.45, 2.75) is 11.4 Å². The minimum absolute atomic E-state index is 0.133. The van der Waals surface area contributed by atoms with E-state index in [4.69, 9.17) is 0 Å². The third-order valence-corrected chi connectivity index (χ3v) is 5.52. The van der Waals surface area contributed by atoms with Gasteiger partial charge in [-0.15, -0.1) is 10.2 Å². The van der Waals surface area contributed by atoms with E-state index < -0.39 is 9.84 Å². The van der Waals surface area contributed by atoms with Gasteiger partial charge in [0.05, 0.1) is 22.3 Å². The van der Waals surface area contributed by atoms with Gasteiger partial charge in [-0.1, -0.05) is 18.2 Å². The molecule has 2 aromatic carbocycles. The summed E-state index contributed by atoms with van der Waals surface area (Å²) in [6.45, 7) is 0.316. The van der Waals surface area contributed by atoms with Crippen molar-refractivity contribution in [3.63, 3.8) is 0 Å². The molecule has 0 spiro atoms. The Morgan fingerprint density at radius 2 is 1.85 bits per heavy atom. The van der Waals surface area contributed by atoms with Gasteiger partial charge in [0.15, 0.2) is 15.7 Å². The quantitative estimate of drug-likeness (QED) is 0.575. The molecule has 8 nitrogen and oxygen atoms in total. The second-order valence-electron chi connectivity index (χ2n) is 6.29. The largest absolute Gasteiger partial charge is 0.378 e. The normalized spacial score (nSPS) is 11.9. The Balaban J connectivity index is 1.77. The Kier molecular flexibility index (Phi) is 3.96. The van der Waals surface area contributed by atoms with E-state index >= 15 is 0 Å². The molecule has 0 aliphatic rings. The summed E-state index contributed by atoms with van der Waals surface area (Å²) in [5, 5.41) is 12.1. The molecule has 0 atom stereocenters. The van der Waals surface area contributed by atoms with Gasteiger partial charge >= 0.3 is 0 Å². The fourth-order valence-electron chi connectivity index (χ4n) is 3.02. The summed E-state index contributed by atoms with van der Waals surface area (Å²) in [6.07, 6.45) is 1.17. The monoisotopic (exact) mass is 383 g/mol. The van der Waals surface area contributed by atoms with E-state index in [-0.39, 0.29) is 10.5 Å². The van der Waals surface area contributed by atoms with Crippen LogP contribution in [0.2, 0.25) is 0 Å². The minimum atomic E-state index is -3.28. The summed E-state index contributed by atoms with van der Waals surface area (Å²) < 4.78 is 26.7. The van der Waals surface area contributed by atoms with E-state index in [1.165, 1.54) is 10.8 Å². The first-order chi connectivity index (χ1) is 12.9. The molecule has 4 rings (SSSR count). The number of para-hydroxylation sites is 1. The van der Waals surface area contributed by atoms with Gasteiger partial charge in [-0.2, -0.15) is 0 Å². The van der Waals surface area contributed by atoms with Crippen LogP contribution in [0, 0.1) is 0 Å². The van der Waals surface area contributed by atoms with Crippen molar-refractivity contribution < 1.29 is 8.42 Å². The highest BCUT2D eigenvalue weighted by Gasteiger charge is 2.14. The van der Waals surface area contributed by atoms with Crippen LogP contribution in [0.4, 0.5) is 5.69 Å². The number of nitrogens with one attached hydrogen (secondary N) is 1. The maximum atomic E-state index is 12.5. The molecule has 9 heteroatoms. The Hall–Kier alpha value is -3.20. The summed E-state index contributed by atoms with van der Waals surface area (Å²) in [7, 11) is -1.62. The van der Waals surface area contributed by atoms with E-state index in [0.717, 1.165) is 5.52 Å². The van der Waals surface area contributed by atoms with Crippen LogP contribution in [0.15, 0.2) is 58.2 Å². The van der Waals surface area contributed by atoms with Crippen LogP contribution in [0.5, 0.6) is 0 Å². The van der Waals surface area contributed by atoms with Gasteiger partial charge in [0.1, 0.15) is 0 Å². The predicted molar refractivity (Wildman–Crippen MR) is 103 cm³/mol. The van der Waals surface area contributed by atoms with Crippen molar-refractivity contribution in [1.82, 2.24) is 19.2 Å². The summed E-state index contributed by atoms with van der Waals surface area (Å²) in [5.74, 6) is 1.06. The molecule has 2 aromatic heterocycles. The minimum Gasteiger partial charge on any atom is -0.378 e. The summed E-state index contributed by atoms with van der Waals surface area (Å²) >= 11 is 0. The fraction of sp³-hybridized carbons (Fsp3) is 0.167. The number of anilines is 1. The molecular weight excluding hydrogens is 366 g/mol. The Morgan fingerprint density at radius 3 is 2.63 bits per heavy atom. The topological polar surface area (TPSA) is 98.4 Å². The van der Waals surface area contributed by atoms with Crippen molar-refractivity contribution in [1.29, 1.82) is 0 Å². The van der Waals surface area contributed by atoms with Crippen LogP contribution in [-0.4, -0.2) is 33.8 Å². The number of hydrogen-bond acceptors (Lipinski definition) is 6. The molecule has 1 N–H and O–H groups in total. The van der Waals surface area contributed by atoms with Gasteiger partial charge in [-0.3, -0.25) is 13.8 Å². The predicted octanol–water partition coefficient (Wildman–Crippen LogP) is 1.60. The molecule has 4 aromatic rings. The first kappa shape index (κ1) is 17.2. The van der Waals surface area contributed by atoms with Crippen molar-refractivity contribution >= 4 is 32.2 Å². The third kappa shape index (κ3) is 2.95. The maximum absolute atomic E-state index is 12.5. The number of benzene rings is 2. The zero-order chi connectivity index (χ0) is 19.2. The third-order valence-electron chi connectivity index (χ3n) is 4.41. The molecule has 2 heterocycles. The number of hydrogen-bond donors (Lipinski definition) is 1. The maximum Gasteiger partial charge on any atom is 0.262 e. The average Bonchev–Trinajstić information content (AvgIpc) is 3.08. The molecule has 138 valence electrons. The fourth-order valence-corrected chi connectivity index (χ4v) is 3.69. The van der Waals surface area contributed by atoms with E-state index in [1.54, 1.807) is 37.4 Å². The summed E-state index contributed by atoms with van der Waals surface area (Å²) in [4.78, 5) is 12.7. The number of nitrogens with zero attached hydrogens (tertiary/aromatic N) is 4. The first-order valence-corrected chi connectivity index (χ1v) is 10.1. The highest BCUT2D eigenvalue weighted by Crippen LogP contribution is 2.18. The van der Waals surface area contributed by atoms with Crippen LogP contribution in [-0.2, 0) is 23.4 Å². The molecule has 0 saturated carbocycles. The zero-order valence-electron chi connectivity index (χ0n) is 14.7. The van der Waals surface area contributed by atoms with Crippen molar-refractivity contribution in [3.05, 3.63) is 64.7 Å². The molecular formula is C18H17N5O3S. The van der Waals surface area contributed by atoms with Crippen LogP contribution in [0.3, 0.4) is 0 Å². The first-order valence-electron chi connectivity index (χ1n) is 8.22. The van der Waals surface area contributed by atoms with Gasteiger partial charge in [0.25, 0.3) is 5.56 Å². The molecule has 0 unspecified atom stereocenters. The average molecular weight is 383 g/mol. The second-order valence-corrected chi connectivity index (χ2v) is 8.30. The SMILES string of the molecule is Cn1c(=O)c2ccccc2n2c(CNc3cccc(S(C)(=O)=O)c3)nnc12. The lowest BCUT2D eigenvalue weighted by atomic mass is 10.2. The molecule has 0 saturated heterocycles. The lowest BCUT2D eigenvalue weighted by Gasteiger charge is -2.09. The molecule has 0 amide bonds. The second kappa shape index (κ2) is 6.20. The molecule has 0 fully saturated rings. The van der Waals surface area contributed by atoms with Gasteiger partial charge in [-0.05, 0) is 30.3 Å². The standard InChI is InChI=1S/C18H17N5O3S/c1-22-17(24)14-8-3-4-9-15(14)23-16(20-21-18(22)23)11-19-12-6-5-7-13(10-12)27(2,25)26/h3-10,19H,11H2,1-2H3.